The average Bonchev–Trinajstić information content (AvgIpc) is 2.53. The van der Waals surface area contributed by atoms with E-state index >= 15 is 0 Å². The zero-order valence-electron chi connectivity index (χ0n) is 11.6. The van der Waals surface area contributed by atoms with Crippen LogP contribution in [0.25, 0.3) is 0 Å². The van der Waals surface area contributed by atoms with Crippen LogP contribution in [0.15, 0.2) is 42.6 Å². The van der Waals surface area contributed by atoms with E-state index in [9.17, 15) is 4.79 Å². The van der Waals surface area contributed by atoms with Gasteiger partial charge in [-0.05, 0) is 29.3 Å². The summed E-state index contributed by atoms with van der Waals surface area (Å²) in [6.07, 6.45) is 0.867. The summed E-state index contributed by atoms with van der Waals surface area (Å²) < 4.78 is 10.1. The van der Waals surface area contributed by atoms with Crippen molar-refractivity contribution in [3.8, 4) is 11.6 Å². The van der Waals surface area contributed by atoms with Crippen molar-refractivity contribution >= 4 is 6.09 Å². The summed E-state index contributed by atoms with van der Waals surface area (Å²) in [4.78, 5) is 15.5. The first-order chi connectivity index (χ1) is 10.2. The maximum atomic E-state index is 11.6. The molecule has 0 radical (unpaired) electrons. The molecule has 0 aliphatic heterocycles. The van der Waals surface area contributed by atoms with Crippen molar-refractivity contribution < 1.29 is 19.4 Å². The van der Waals surface area contributed by atoms with Crippen LogP contribution < -0.4 is 14.8 Å². The maximum absolute atomic E-state index is 11.6. The minimum absolute atomic E-state index is 0.133. The molecule has 0 saturated carbocycles. The Labute approximate surface area is 122 Å². The first-order valence-corrected chi connectivity index (χ1v) is 6.35. The third-order valence-corrected chi connectivity index (χ3v) is 2.78. The second kappa shape index (κ2) is 7.25. The molecule has 1 aromatic carbocycles. The van der Waals surface area contributed by atoms with Crippen molar-refractivity contribution in [1.29, 1.82) is 0 Å². The smallest absolute Gasteiger partial charge is 0.414 e. The normalized spacial score (nSPS) is 10.0. The fraction of sp³-hybridized carbons (Fsp3) is 0.200. The van der Waals surface area contributed by atoms with Crippen molar-refractivity contribution in [2.75, 3.05) is 7.11 Å². The summed E-state index contributed by atoms with van der Waals surface area (Å²) in [6.45, 7) is 0.203. The van der Waals surface area contributed by atoms with Crippen molar-refractivity contribution in [3.05, 3.63) is 53.7 Å². The van der Waals surface area contributed by atoms with Crippen LogP contribution in [0, 0.1) is 0 Å². The number of nitrogens with one attached hydrogen (secondary N) is 1. The monoisotopic (exact) mass is 288 g/mol. The molecule has 6 nitrogen and oxygen atoms in total. The number of pyridine rings is 1. The Kier molecular flexibility index (Phi) is 5.11. The second-order valence-corrected chi connectivity index (χ2v) is 4.25. The molecule has 1 heterocycles. The van der Waals surface area contributed by atoms with Gasteiger partial charge in [0.15, 0.2) is 0 Å². The lowest BCUT2D eigenvalue weighted by atomic mass is 10.2. The topological polar surface area (TPSA) is 80.7 Å². The van der Waals surface area contributed by atoms with Crippen LogP contribution in [0.5, 0.6) is 11.6 Å². The SMILES string of the molecule is COc1ccc(CNC(=O)Oc2cc(CO)ccn2)cc1. The molecule has 6 heteroatoms. The molecule has 0 bridgehead atoms. The molecule has 110 valence electrons. The van der Waals surface area contributed by atoms with Crippen LogP contribution in [0.4, 0.5) is 4.79 Å². The molecule has 0 unspecified atom stereocenters. The van der Waals surface area contributed by atoms with Crippen molar-refractivity contribution in [3.63, 3.8) is 0 Å². The summed E-state index contributed by atoms with van der Waals surface area (Å²) in [5, 5.41) is 11.6. The quantitative estimate of drug-likeness (QED) is 0.878. The molecule has 0 atom stereocenters. The maximum Gasteiger partial charge on any atom is 0.414 e. The third-order valence-electron chi connectivity index (χ3n) is 2.78. The van der Waals surface area contributed by atoms with Crippen molar-refractivity contribution in [1.82, 2.24) is 10.3 Å². The highest BCUT2D eigenvalue weighted by Gasteiger charge is 2.06. The number of methoxy groups -OCH3 is 1. The Hall–Kier alpha value is -2.60. The largest absolute Gasteiger partial charge is 0.497 e. The first kappa shape index (κ1) is 14.8. The molecule has 2 aromatic rings. The molecule has 0 fully saturated rings. The molecule has 0 aliphatic rings. The number of ether oxygens (including phenoxy) is 2. The van der Waals surface area contributed by atoms with Crippen molar-refractivity contribution in [2.45, 2.75) is 13.2 Å². The summed E-state index contributed by atoms with van der Waals surface area (Å²) in [5.74, 6) is 0.903. The number of rotatable bonds is 5. The van der Waals surface area contributed by atoms with Gasteiger partial charge >= 0.3 is 6.09 Å². The van der Waals surface area contributed by atoms with Gasteiger partial charge in [0.05, 0.1) is 13.7 Å². The Morgan fingerprint density at radius 2 is 2.00 bits per heavy atom. The molecule has 2 rings (SSSR count). The minimum atomic E-state index is -0.603. The molecule has 0 aliphatic carbocycles. The highest BCUT2D eigenvalue weighted by atomic mass is 16.6. The molecule has 2 N–H and O–H groups in total. The number of hydrogen-bond acceptors (Lipinski definition) is 5. The fourth-order valence-electron chi connectivity index (χ4n) is 1.65. The van der Waals surface area contributed by atoms with Gasteiger partial charge in [-0.25, -0.2) is 9.78 Å². The second-order valence-electron chi connectivity index (χ2n) is 4.25. The number of benzene rings is 1. The molecule has 1 aromatic heterocycles. The predicted molar refractivity (Wildman–Crippen MR) is 76.0 cm³/mol. The molecular weight excluding hydrogens is 272 g/mol. The Morgan fingerprint density at radius 1 is 1.24 bits per heavy atom. The van der Waals surface area contributed by atoms with Gasteiger partial charge in [0, 0.05) is 18.8 Å². The van der Waals surface area contributed by atoms with E-state index in [4.69, 9.17) is 14.6 Å². The van der Waals surface area contributed by atoms with Gasteiger partial charge in [-0.3, -0.25) is 0 Å². The van der Waals surface area contributed by atoms with Gasteiger partial charge < -0.3 is 19.9 Å². The Bertz CT molecular complexity index is 599. The van der Waals surface area contributed by atoms with Crippen LogP contribution in [0.1, 0.15) is 11.1 Å². The molecule has 0 saturated heterocycles. The van der Waals surface area contributed by atoms with E-state index in [2.05, 4.69) is 10.3 Å². The van der Waals surface area contributed by atoms with E-state index < -0.39 is 6.09 Å². The number of amides is 1. The van der Waals surface area contributed by atoms with Gasteiger partial charge in [0.2, 0.25) is 5.88 Å². The van der Waals surface area contributed by atoms with E-state index in [1.54, 1.807) is 13.2 Å². The predicted octanol–water partition coefficient (Wildman–Crippen LogP) is 1.87. The molecule has 0 spiro atoms. The lowest BCUT2D eigenvalue weighted by molar-refractivity contribution is 0.198. The first-order valence-electron chi connectivity index (χ1n) is 6.35. The number of aromatic nitrogens is 1. The number of carbonyl (C=O) groups is 1. The van der Waals surface area contributed by atoms with Gasteiger partial charge in [-0.15, -0.1) is 0 Å². The number of aliphatic hydroxyl groups excluding tert-OH is 1. The zero-order chi connectivity index (χ0) is 15.1. The van der Waals surface area contributed by atoms with Crippen LogP contribution in [0.3, 0.4) is 0 Å². The summed E-state index contributed by atoms with van der Waals surface area (Å²) >= 11 is 0. The van der Waals surface area contributed by atoms with Gasteiger partial charge in [0.25, 0.3) is 0 Å². The van der Waals surface area contributed by atoms with E-state index in [0.29, 0.717) is 12.1 Å². The van der Waals surface area contributed by atoms with Crippen molar-refractivity contribution in [2.24, 2.45) is 0 Å². The lowest BCUT2D eigenvalue weighted by Gasteiger charge is -2.07. The number of carbonyl (C=O) groups excluding carboxylic acids is 1. The van der Waals surface area contributed by atoms with Gasteiger partial charge in [0.1, 0.15) is 5.75 Å². The fourth-order valence-corrected chi connectivity index (χ4v) is 1.65. The Balaban J connectivity index is 1.86. The Morgan fingerprint density at radius 3 is 2.67 bits per heavy atom. The zero-order valence-corrected chi connectivity index (χ0v) is 11.6. The summed E-state index contributed by atoms with van der Waals surface area (Å²) in [7, 11) is 1.60. The van der Waals surface area contributed by atoms with Crippen LogP contribution >= 0.6 is 0 Å². The van der Waals surface area contributed by atoms with Gasteiger partial charge in [-0.2, -0.15) is 0 Å². The van der Waals surface area contributed by atoms with E-state index in [1.165, 1.54) is 12.3 Å². The lowest BCUT2D eigenvalue weighted by Crippen LogP contribution is -2.26. The third kappa shape index (κ3) is 4.47. The highest BCUT2D eigenvalue weighted by Crippen LogP contribution is 2.12. The van der Waals surface area contributed by atoms with E-state index in [0.717, 1.165) is 11.3 Å². The summed E-state index contributed by atoms with van der Waals surface area (Å²) in [6, 6.07) is 10.5. The molecule has 1 amide bonds. The standard InChI is InChI=1S/C15H16N2O4/c1-20-13-4-2-11(3-5-13)9-17-15(19)21-14-8-12(10-18)6-7-16-14/h2-8,18H,9-10H2,1H3,(H,17,19). The van der Waals surface area contributed by atoms with Crippen LogP contribution in [-0.4, -0.2) is 23.3 Å². The van der Waals surface area contributed by atoms with E-state index in [-0.39, 0.29) is 12.5 Å². The average molecular weight is 288 g/mol. The van der Waals surface area contributed by atoms with E-state index in [1.807, 2.05) is 24.3 Å². The number of aliphatic hydroxyl groups is 1. The van der Waals surface area contributed by atoms with Crippen LogP contribution in [-0.2, 0) is 13.2 Å². The number of hydrogen-bond donors (Lipinski definition) is 2. The number of nitrogens with zero attached hydrogens (tertiary/aromatic N) is 1. The van der Waals surface area contributed by atoms with Crippen LogP contribution in [0.2, 0.25) is 0 Å². The van der Waals surface area contributed by atoms with Gasteiger partial charge in [-0.1, -0.05) is 12.1 Å². The summed E-state index contributed by atoms with van der Waals surface area (Å²) in [5.41, 5.74) is 1.55. The molecule has 21 heavy (non-hydrogen) atoms. The highest BCUT2D eigenvalue weighted by molar-refractivity contribution is 5.69. The molecular formula is C15H16N2O4. The minimum Gasteiger partial charge on any atom is -0.497 e.